The van der Waals surface area contributed by atoms with Crippen LogP contribution in [0.25, 0.3) is 0 Å². The summed E-state index contributed by atoms with van der Waals surface area (Å²) in [6, 6.07) is 4.88. The Morgan fingerprint density at radius 2 is 2.17 bits per heavy atom. The van der Waals surface area contributed by atoms with Gasteiger partial charge in [-0.15, -0.1) is 21.5 Å². The van der Waals surface area contributed by atoms with E-state index in [0.29, 0.717) is 12.6 Å². The molecule has 0 aromatic carbocycles. The summed E-state index contributed by atoms with van der Waals surface area (Å²) in [6.07, 6.45) is 3.68. The van der Waals surface area contributed by atoms with Crippen molar-refractivity contribution in [2.24, 2.45) is 4.99 Å². The summed E-state index contributed by atoms with van der Waals surface area (Å²) in [7, 11) is 0. The van der Waals surface area contributed by atoms with Crippen LogP contribution in [0.3, 0.4) is 0 Å². The first-order valence-corrected chi connectivity index (χ1v) is 9.49. The zero-order chi connectivity index (χ0) is 17.4. The van der Waals surface area contributed by atoms with Gasteiger partial charge in [0.05, 0.1) is 12.6 Å². The number of nitrogens with zero attached hydrogens (tertiary/aromatic N) is 4. The van der Waals surface area contributed by atoms with E-state index in [4.69, 9.17) is 4.99 Å². The molecule has 0 amide bonds. The molecule has 2 heterocycles. The van der Waals surface area contributed by atoms with Gasteiger partial charge in [-0.05, 0) is 31.7 Å². The molecule has 0 radical (unpaired) electrons. The lowest BCUT2D eigenvalue weighted by Crippen LogP contribution is -2.42. The van der Waals surface area contributed by atoms with Crippen LogP contribution >= 0.6 is 11.3 Å². The molecule has 0 fully saturated rings. The summed E-state index contributed by atoms with van der Waals surface area (Å²) in [6.45, 7) is 10.0. The van der Waals surface area contributed by atoms with Crippen LogP contribution in [0.2, 0.25) is 0 Å². The van der Waals surface area contributed by atoms with E-state index in [1.165, 1.54) is 4.88 Å². The second kappa shape index (κ2) is 9.42. The first-order valence-electron chi connectivity index (χ1n) is 8.61. The molecule has 0 saturated carbocycles. The first-order chi connectivity index (χ1) is 11.6. The van der Waals surface area contributed by atoms with Gasteiger partial charge < -0.3 is 15.2 Å². The number of rotatable bonds is 8. The van der Waals surface area contributed by atoms with Gasteiger partial charge in [-0.1, -0.05) is 19.9 Å². The Morgan fingerprint density at radius 3 is 2.79 bits per heavy atom. The van der Waals surface area contributed by atoms with Crippen LogP contribution < -0.4 is 10.6 Å². The maximum absolute atomic E-state index is 4.73. The van der Waals surface area contributed by atoms with Crippen molar-refractivity contribution in [2.75, 3.05) is 6.54 Å². The quantitative estimate of drug-likeness (QED) is 0.568. The fourth-order valence-corrected chi connectivity index (χ4v) is 3.31. The fourth-order valence-electron chi connectivity index (χ4n) is 2.44. The van der Waals surface area contributed by atoms with Gasteiger partial charge in [0.25, 0.3) is 0 Å². The van der Waals surface area contributed by atoms with Crippen molar-refractivity contribution in [1.29, 1.82) is 0 Å². The average molecular weight is 349 g/mol. The number of aromatic nitrogens is 3. The maximum Gasteiger partial charge on any atom is 0.192 e. The molecule has 0 aliphatic heterocycles. The molecule has 6 nitrogen and oxygen atoms in total. The Labute approximate surface area is 148 Å². The van der Waals surface area contributed by atoms with Gasteiger partial charge in [-0.25, -0.2) is 0 Å². The lowest BCUT2D eigenvalue weighted by molar-refractivity contribution is 0.595. The highest BCUT2D eigenvalue weighted by molar-refractivity contribution is 7.10. The summed E-state index contributed by atoms with van der Waals surface area (Å²) in [5.41, 5.74) is 0. The van der Waals surface area contributed by atoms with E-state index in [-0.39, 0.29) is 6.04 Å². The molecular weight excluding hydrogens is 320 g/mol. The van der Waals surface area contributed by atoms with Crippen molar-refractivity contribution in [3.8, 4) is 0 Å². The summed E-state index contributed by atoms with van der Waals surface area (Å²) >= 11 is 1.78. The number of aryl methyl sites for hydroxylation is 1. The van der Waals surface area contributed by atoms with Crippen LogP contribution in [0.15, 0.2) is 28.8 Å². The highest BCUT2D eigenvalue weighted by Gasteiger charge is 2.13. The normalized spacial score (nSPS) is 13.3. The zero-order valence-electron chi connectivity index (χ0n) is 15.0. The third-order valence-corrected chi connectivity index (χ3v) is 4.64. The summed E-state index contributed by atoms with van der Waals surface area (Å²) < 4.78 is 2.06. The molecule has 7 heteroatoms. The third-order valence-electron chi connectivity index (χ3n) is 3.65. The Kier molecular flexibility index (Phi) is 7.24. The second-order valence-electron chi connectivity index (χ2n) is 5.94. The number of aliphatic imine (C=N–C) groups is 1. The van der Waals surface area contributed by atoms with Gasteiger partial charge in [-0.3, -0.25) is 4.99 Å². The van der Waals surface area contributed by atoms with Gasteiger partial charge in [0.15, 0.2) is 5.96 Å². The van der Waals surface area contributed by atoms with E-state index in [1.807, 2.05) is 0 Å². The molecule has 0 bridgehead atoms. The first kappa shape index (κ1) is 18.4. The van der Waals surface area contributed by atoms with E-state index in [0.717, 1.165) is 31.2 Å². The molecule has 2 N–H and O–H groups in total. The molecule has 0 spiro atoms. The number of guanidine groups is 1. The molecule has 0 aliphatic rings. The molecular formula is C17H28N6S. The third kappa shape index (κ3) is 5.33. The number of hydrogen-bond donors (Lipinski definition) is 2. The van der Waals surface area contributed by atoms with Crippen molar-refractivity contribution in [3.63, 3.8) is 0 Å². The SMILES string of the molecule is CCc1nncn1CCN=C(NC(C)C)NC(CC)c1cccs1. The van der Waals surface area contributed by atoms with Crippen molar-refractivity contribution in [1.82, 2.24) is 25.4 Å². The summed E-state index contributed by atoms with van der Waals surface area (Å²) in [4.78, 5) is 6.07. The minimum absolute atomic E-state index is 0.288. The molecule has 1 unspecified atom stereocenters. The lowest BCUT2D eigenvalue weighted by Gasteiger charge is -2.21. The van der Waals surface area contributed by atoms with Gasteiger partial charge in [0, 0.05) is 23.9 Å². The summed E-state index contributed by atoms with van der Waals surface area (Å²) in [5, 5.41) is 17.2. The van der Waals surface area contributed by atoms with Crippen molar-refractivity contribution < 1.29 is 0 Å². The van der Waals surface area contributed by atoms with Crippen LogP contribution in [-0.4, -0.2) is 33.3 Å². The number of nitrogens with one attached hydrogen (secondary N) is 2. The monoisotopic (exact) mass is 348 g/mol. The minimum Gasteiger partial charge on any atom is -0.354 e. The van der Waals surface area contributed by atoms with E-state index in [9.17, 15) is 0 Å². The van der Waals surface area contributed by atoms with E-state index in [1.54, 1.807) is 17.7 Å². The minimum atomic E-state index is 0.288. The van der Waals surface area contributed by atoms with Gasteiger partial charge in [-0.2, -0.15) is 0 Å². The zero-order valence-corrected chi connectivity index (χ0v) is 15.8. The van der Waals surface area contributed by atoms with Gasteiger partial charge >= 0.3 is 0 Å². The van der Waals surface area contributed by atoms with Crippen LogP contribution in [0.4, 0.5) is 0 Å². The Morgan fingerprint density at radius 1 is 1.33 bits per heavy atom. The number of hydrogen-bond acceptors (Lipinski definition) is 4. The predicted octanol–water partition coefficient (Wildman–Crippen LogP) is 3.00. The Bertz CT molecular complexity index is 617. The second-order valence-corrected chi connectivity index (χ2v) is 6.92. The molecule has 2 rings (SSSR count). The highest BCUT2D eigenvalue weighted by Crippen LogP contribution is 2.21. The van der Waals surface area contributed by atoms with Gasteiger partial charge in [0.2, 0.25) is 0 Å². The topological polar surface area (TPSA) is 67.1 Å². The van der Waals surface area contributed by atoms with Crippen LogP contribution in [0, 0.1) is 0 Å². The highest BCUT2D eigenvalue weighted by atomic mass is 32.1. The van der Waals surface area contributed by atoms with Crippen LogP contribution in [0.5, 0.6) is 0 Å². The molecule has 0 saturated heterocycles. The van der Waals surface area contributed by atoms with Crippen molar-refractivity contribution in [3.05, 3.63) is 34.5 Å². The lowest BCUT2D eigenvalue weighted by atomic mass is 10.2. The van der Waals surface area contributed by atoms with E-state index < -0.39 is 0 Å². The molecule has 2 aromatic rings. The molecule has 24 heavy (non-hydrogen) atoms. The Hall–Kier alpha value is -1.89. The van der Waals surface area contributed by atoms with E-state index >= 15 is 0 Å². The van der Waals surface area contributed by atoms with Crippen LogP contribution in [0.1, 0.15) is 50.9 Å². The van der Waals surface area contributed by atoms with Gasteiger partial charge in [0.1, 0.15) is 12.2 Å². The average Bonchev–Trinajstić information content (AvgIpc) is 3.23. The maximum atomic E-state index is 4.73. The predicted molar refractivity (Wildman–Crippen MR) is 100 cm³/mol. The van der Waals surface area contributed by atoms with Crippen molar-refractivity contribution >= 4 is 17.3 Å². The summed E-state index contributed by atoms with van der Waals surface area (Å²) in [5.74, 6) is 1.86. The van der Waals surface area contributed by atoms with Crippen molar-refractivity contribution in [2.45, 2.75) is 59.2 Å². The van der Waals surface area contributed by atoms with Crippen LogP contribution in [-0.2, 0) is 13.0 Å². The molecule has 0 aliphatic carbocycles. The molecule has 132 valence electrons. The van der Waals surface area contributed by atoms with E-state index in [2.05, 4.69) is 70.6 Å². The fraction of sp³-hybridized carbons (Fsp3) is 0.588. The smallest absolute Gasteiger partial charge is 0.192 e. The number of thiophene rings is 1. The Balaban J connectivity index is 2.01. The molecule has 2 aromatic heterocycles. The molecule has 1 atom stereocenters. The largest absolute Gasteiger partial charge is 0.354 e. The standard InChI is InChI=1S/C17H28N6S/c1-5-14(15-8-7-11-24-15)21-17(20-13(3)4)18-9-10-23-12-19-22-16(23)6-2/h7-8,11-14H,5-6,9-10H2,1-4H3,(H2,18,20,21).